The van der Waals surface area contributed by atoms with Crippen LogP contribution in [0.25, 0.3) is 0 Å². The molecule has 10 nitrogen and oxygen atoms in total. The number of rotatable bonds is 8. The predicted octanol–water partition coefficient (Wildman–Crippen LogP) is 1.96. The molecule has 3 aliphatic heterocycles. The maximum absolute atomic E-state index is 15.1. The Kier molecular flexibility index (Phi) is 9.36. The van der Waals surface area contributed by atoms with E-state index in [0.29, 0.717) is 12.3 Å². The highest BCUT2D eigenvalue weighted by molar-refractivity contribution is 7.94. The molecular formula is C25H34F6N4O6S. The third-order valence-electron chi connectivity index (χ3n) is 7.82. The fourth-order valence-corrected chi connectivity index (χ4v) is 6.14. The van der Waals surface area contributed by atoms with E-state index in [4.69, 9.17) is 0 Å². The standard InChI is InChI=1S/C25H34F6N4O6S/c1-23(2,3)18(34-22(39)25(29,30)31)21(38)35-14-5-6-15(24(27,28)11-14)17(35)20(37)33-13(10-16(26)42(4,40)41)9-12-7-8-32-19(12)36/h10,12-15,17-18H,5-9,11H2,1-4H3,(H,32,36)(H,33,37)(H,34,39)/b16-10+/t12-,13-,14+,15+,17-,18+/m1/s1. The molecule has 238 valence electrons. The summed E-state index contributed by atoms with van der Waals surface area (Å²) in [6, 6.07) is -6.56. The topological polar surface area (TPSA) is 142 Å². The summed E-state index contributed by atoms with van der Waals surface area (Å²) in [5, 5.41) is 4.81. The monoisotopic (exact) mass is 632 g/mol. The zero-order chi connectivity index (χ0) is 32.0. The SMILES string of the molecule is CC(C)(C)[C@@H](NC(=O)C(F)(F)F)C(=O)N1[C@H]2CC[C@@H]([C@@H]1C(=O)N[C@@H](/C=C(\F)S(C)(=O)=O)C[C@H]1CCNC1=O)C(F)(F)C2. The lowest BCUT2D eigenvalue weighted by molar-refractivity contribution is -0.197. The molecule has 17 heteroatoms. The minimum absolute atomic E-state index is 0.00808. The third kappa shape index (κ3) is 7.37. The average Bonchev–Trinajstić information content (AvgIpc) is 3.22. The fraction of sp³-hybridized carbons (Fsp3) is 0.760. The van der Waals surface area contributed by atoms with Gasteiger partial charge in [0.1, 0.15) is 12.1 Å². The number of amides is 4. The number of halogens is 6. The van der Waals surface area contributed by atoms with E-state index in [-0.39, 0.29) is 32.2 Å². The van der Waals surface area contributed by atoms with Gasteiger partial charge in [-0.2, -0.15) is 17.6 Å². The second-order valence-corrected chi connectivity index (χ2v) is 14.1. The number of hydrogen-bond donors (Lipinski definition) is 3. The van der Waals surface area contributed by atoms with Crippen molar-refractivity contribution in [1.29, 1.82) is 0 Å². The normalized spacial score (nSPS) is 27.7. The summed E-state index contributed by atoms with van der Waals surface area (Å²) in [4.78, 5) is 52.0. The van der Waals surface area contributed by atoms with Crippen LogP contribution in [-0.2, 0) is 29.0 Å². The first kappa shape index (κ1) is 33.6. The van der Waals surface area contributed by atoms with E-state index in [1.165, 1.54) is 20.8 Å². The maximum atomic E-state index is 15.1. The molecule has 4 rings (SSSR count). The van der Waals surface area contributed by atoms with Gasteiger partial charge >= 0.3 is 12.1 Å². The molecule has 4 aliphatic rings. The molecule has 1 aliphatic carbocycles. The van der Waals surface area contributed by atoms with Gasteiger partial charge in [-0.25, -0.2) is 17.2 Å². The summed E-state index contributed by atoms with van der Waals surface area (Å²) < 4.78 is 107. The highest BCUT2D eigenvalue weighted by Crippen LogP contribution is 2.49. The summed E-state index contributed by atoms with van der Waals surface area (Å²) in [6.45, 7) is 4.31. The van der Waals surface area contributed by atoms with E-state index in [1.807, 2.05) is 0 Å². The average molecular weight is 633 g/mol. The summed E-state index contributed by atoms with van der Waals surface area (Å²) in [6.07, 6.45) is -5.38. The highest BCUT2D eigenvalue weighted by Gasteiger charge is 2.61. The van der Waals surface area contributed by atoms with Crippen LogP contribution in [0.4, 0.5) is 26.3 Å². The van der Waals surface area contributed by atoms with Crippen LogP contribution in [-0.4, -0.2) is 86.0 Å². The van der Waals surface area contributed by atoms with Crippen molar-refractivity contribution in [2.24, 2.45) is 17.3 Å². The molecule has 0 aromatic carbocycles. The number of carbonyl (C=O) groups is 4. The van der Waals surface area contributed by atoms with Gasteiger partial charge in [-0.15, -0.1) is 0 Å². The molecule has 42 heavy (non-hydrogen) atoms. The first-order valence-electron chi connectivity index (χ1n) is 13.3. The van der Waals surface area contributed by atoms with Gasteiger partial charge < -0.3 is 20.9 Å². The van der Waals surface area contributed by atoms with Crippen LogP contribution < -0.4 is 16.0 Å². The number of fused-ring (bicyclic) bond motifs is 3. The molecule has 4 fully saturated rings. The Morgan fingerprint density at radius 2 is 1.74 bits per heavy atom. The van der Waals surface area contributed by atoms with Crippen LogP contribution in [0.1, 0.15) is 52.9 Å². The lowest BCUT2D eigenvalue weighted by atomic mass is 9.70. The first-order valence-corrected chi connectivity index (χ1v) is 15.2. The molecule has 2 bridgehead atoms. The van der Waals surface area contributed by atoms with Gasteiger partial charge in [0.25, 0.3) is 5.92 Å². The van der Waals surface area contributed by atoms with Gasteiger partial charge in [-0.05, 0) is 37.2 Å². The molecule has 1 saturated carbocycles. The molecule has 0 spiro atoms. The van der Waals surface area contributed by atoms with E-state index < -0.39 is 98.6 Å². The van der Waals surface area contributed by atoms with Gasteiger partial charge in [0.15, 0.2) is 0 Å². The molecule has 4 amide bonds. The number of nitrogens with zero attached hydrogens (tertiary/aromatic N) is 1. The van der Waals surface area contributed by atoms with Crippen LogP contribution >= 0.6 is 0 Å². The van der Waals surface area contributed by atoms with Crippen molar-refractivity contribution in [3.63, 3.8) is 0 Å². The molecule has 0 radical (unpaired) electrons. The molecule has 3 saturated heterocycles. The second kappa shape index (κ2) is 11.7. The van der Waals surface area contributed by atoms with Crippen LogP contribution in [0.15, 0.2) is 11.2 Å². The van der Waals surface area contributed by atoms with E-state index in [9.17, 15) is 45.2 Å². The largest absolute Gasteiger partial charge is 0.471 e. The number of sulfone groups is 1. The quantitative estimate of drug-likeness (QED) is 0.350. The molecule has 3 N–H and O–H groups in total. The van der Waals surface area contributed by atoms with Gasteiger partial charge in [0.05, 0.1) is 12.0 Å². The van der Waals surface area contributed by atoms with Crippen LogP contribution in [0.3, 0.4) is 0 Å². The molecule has 3 heterocycles. The van der Waals surface area contributed by atoms with Gasteiger partial charge in [-0.3, -0.25) is 19.2 Å². The van der Waals surface area contributed by atoms with Crippen molar-refractivity contribution < 1.29 is 53.9 Å². The summed E-state index contributed by atoms with van der Waals surface area (Å²) in [5.41, 5.74) is -1.35. The lowest BCUT2D eigenvalue weighted by Crippen LogP contribution is -2.71. The Balaban J connectivity index is 2.00. The zero-order valence-corrected chi connectivity index (χ0v) is 24.2. The Hall–Kier alpha value is -2.85. The highest BCUT2D eigenvalue weighted by atomic mass is 32.2. The van der Waals surface area contributed by atoms with Gasteiger partial charge in [-0.1, -0.05) is 20.8 Å². The van der Waals surface area contributed by atoms with E-state index in [1.54, 1.807) is 5.32 Å². The number of piperidine rings is 2. The second-order valence-electron chi connectivity index (χ2n) is 12.1. The van der Waals surface area contributed by atoms with Crippen LogP contribution in [0.2, 0.25) is 0 Å². The first-order chi connectivity index (χ1) is 19.0. The van der Waals surface area contributed by atoms with Crippen LogP contribution in [0.5, 0.6) is 0 Å². The minimum atomic E-state index is -5.36. The van der Waals surface area contributed by atoms with Crippen molar-refractivity contribution in [2.75, 3.05) is 12.8 Å². The molecule has 0 unspecified atom stereocenters. The zero-order valence-electron chi connectivity index (χ0n) is 23.4. The van der Waals surface area contributed by atoms with Crippen molar-refractivity contribution in [1.82, 2.24) is 20.9 Å². The summed E-state index contributed by atoms with van der Waals surface area (Å²) in [7, 11) is -4.38. The van der Waals surface area contributed by atoms with E-state index >= 15 is 8.78 Å². The Morgan fingerprint density at radius 1 is 1.12 bits per heavy atom. The van der Waals surface area contributed by atoms with Crippen molar-refractivity contribution >= 4 is 33.5 Å². The minimum Gasteiger partial charge on any atom is -0.356 e. The fourth-order valence-electron chi connectivity index (χ4n) is 5.73. The molecular weight excluding hydrogens is 598 g/mol. The summed E-state index contributed by atoms with van der Waals surface area (Å²) >= 11 is 0. The molecule has 6 atom stereocenters. The molecule has 0 aromatic heterocycles. The number of carbonyl (C=O) groups excluding carboxylic acids is 4. The summed E-state index contributed by atoms with van der Waals surface area (Å²) in [5.74, 6) is -11.3. The Bertz CT molecular complexity index is 1250. The molecule has 0 aromatic rings. The van der Waals surface area contributed by atoms with Gasteiger partial charge in [0.2, 0.25) is 32.7 Å². The smallest absolute Gasteiger partial charge is 0.356 e. The van der Waals surface area contributed by atoms with Crippen molar-refractivity contribution in [3.05, 3.63) is 11.2 Å². The van der Waals surface area contributed by atoms with E-state index in [0.717, 1.165) is 4.90 Å². The van der Waals surface area contributed by atoms with Crippen molar-refractivity contribution in [3.8, 4) is 0 Å². The van der Waals surface area contributed by atoms with Crippen LogP contribution in [0, 0.1) is 17.3 Å². The number of alkyl halides is 5. The number of hydrogen-bond acceptors (Lipinski definition) is 6. The van der Waals surface area contributed by atoms with Crippen molar-refractivity contribution in [2.45, 2.75) is 89.1 Å². The van der Waals surface area contributed by atoms with E-state index in [2.05, 4.69) is 10.6 Å². The Morgan fingerprint density at radius 3 is 2.21 bits per heavy atom. The third-order valence-corrected chi connectivity index (χ3v) is 8.66. The lowest BCUT2D eigenvalue weighted by Gasteiger charge is -2.55. The Labute approximate surface area is 238 Å². The predicted molar refractivity (Wildman–Crippen MR) is 136 cm³/mol. The number of nitrogens with one attached hydrogen (secondary N) is 3. The van der Waals surface area contributed by atoms with Gasteiger partial charge in [0, 0.05) is 31.2 Å². The maximum Gasteiger partial charge on any atom is 0.471 e.